The van der Waals surface area contributed by atoms with Gasteiger partial charge in [0.05, 0.1) is 0 Å². The van der Waals surface area contributed by atoms with Crippen molar-refractivity contribution < 1.29 is 19.4 Å². The van der Waals surface area contributed by atoms with E-state index in [-0.39, 0.29) is 18.5 Å². The highest BCUT2D eigenvalue weighted by Gasteiger charge is 2.14. The van der Waals surface area contributed by atoms with Crippen molar-refractivity contribution in [3.8, 4) is 0 Å². The lowest BCUT2D eigenvalue weighted by Crippen LogP contribution is -2.18. The smallest absolute Gasteiger partial charge is 0.306 e. The number of hydrogen-bond donors (Lipinski definition) is 1. The van der Waals surface area contributed by atoms with E-state index in [1.807, 2.05) is 0 Å². The van der Waals surface area contributed by atoms with Crippen LogP contribution >= 0.6 is 0 Å². The maximum Gasteiger partial charge on any atom is 0.306 e. The van der Waals surface area contributed by atoms with Crippen molar-refractivity contribution >= 4 is 11.9 Å². The molecule has 52 heavy (non-hydrogen) atoms. The predicted molar refractivity (Wildman–Crippen MR) is 227 cm³/mol. The fourth-order valence-corrected chi connectivity index (χ4v) is 6.96. The third kappa shape index (κ3) is 42.6. The molecule has 0 aliphatic carbocycles. The number of carbonyl (C=O) groups excluding carboxylic acids is 1. The van der Waals surface area contributed by atoms with Gasteiger partial charge in [0.25, 0.3) is 0 Å². The van der Waals surface area contributed by atoms with Crippen molar-refractivity contribution in [1.82, 2.24) is 0 Å². The molecule has 0 aliphatic heterocycles. The molecule has 4 heteroatoms. The summed E-state index contributed by atoms with van der Waals surface area (Å²) in [6.07, 6.45) is 57.5. The number of esters is 1. The monoisotopic (exact) mass is 729 g/mol. The molecule has 0 aromatic carbocycles. The first-order valence-electron chi connectivity index (χ1n) is 23.0. The molecule has 0 aliphatic rings. The number of aliphatic carboxylic acids is 1. The summed E-state index contributed by atoms with van der Waals surface area (Å²) in [5.74, 6) is -0.705. The summed E-state index contributed by atoms with van der Waals surface area (Å²) in [5, 5.41) is 8.85. The molecule has 4 nitrogen and oxygen atoms in total. The third-order valence-corrected chi connectivity index (χ3v) is 10.4. The average molecular weight is 729 g/mol. The summed E-state index contributed by atoms with van der Waals surface area (Å²) in [7, 11) is 0. The molecular formula is C48H88O4. The van der Waals surface area contributed by atoms with Gasteiger partial charge in [-0.1, -0.05) is 198 Å². The highest BCUT2D eigenvalue weighted by molar-refractivity contribution is 5.69. The minimum Gasteiger partial charge on any atom is -0.481 e. The van der Waals surface area contributed by atoms with Gasteiger partial charge < -0.3 is 9.84 Å². The van der Waals surface area contributed by atoms with Gasteiger partial charge in [-0.05, 0) is 77.0 Å². The highest BCUT2D eigenvalue weighted by Crippen LogP contribution is 2.19. The number of unbranched alkanes of at least 4 members (excludes halogenated alkanes) is 27. The summed E-state index contributed by atoms with van der Waals surface area (Å²) >= 11 is 0. The third-order valence-electron chi connectivity index (χ3n) is 10.4. The zero-order valence-electron chi connectivity index (χ0n) is 34.9. The number of carboxylic acids is 1. The lowest BCUT2D eigenvalue weighted by molar-refractivity contribution is -0.150. The van der Waals surface area contributed by atoms with E-state index in [1.165, 1.54) is 148 Å². The van der Waals surface area contributed by atoms with Gasteiger partial charge in [0.1, 0.15) is 6.10 Å². The van der Waals surface area contributed by atoms with Crippen LogP contribution in [0, 0.1) is 0 Å². The van der Waals surface area contributed by atoms with Crippen molar-refractivity contribution in [2.24, 2.45) is 0 Å². The molecule has 0 aromatic heterocycles. The Morgan fingerprint density at radius 3 is 1.19 bits per heavy atom. The van der Waals surface area contributed by atoms with Crippen LogP contribution in [-0.4, -0.2) is 23.1 Å². The second kappa shape index (κ2) is 43.6. The molecule has 0 aromatic rings. The summed E-state index contributed by atoms with van der Waals surface area (Å²) in [4.78, 5) is 23.5. The maximum atomic E-state index is 12.7. The number of carbonyl (C=O) groups is 2. The molecule has 0 amide bonds. The Bertz CT molecular complexity index is 828. The van der Waals surface area contributed by atoms with Crippen molar-refractivity contribution in [2.75, 3.05) is 0 Å². The Morgan fingerprint density at radius 1 is 0.423 bits per heavy atom. The molecule has 0 spiro atoms. The van der Waals surface area contributed by atoms with Gasteiger partial charge in [-0.15, -0.1) is 0 Å². The van der Waals surface area contributed by atoms with E-state index in [1.54, 1.807) is 0 Å². The molecule has 0 saturated heterocycles. The second-order valence-corrected chi connectivity index (χ2v) is 15.6. The largest absolute Gasteiger partial charge is 0.481 e. The predicted octanol–water partition coefficient (Wildman–Crippen LogP) is 16.1. The quantitative estimate of drug-likeness (QED) is 0.0386. The summed E-state index contributed by atoms with van der Waals surface area (Å²) < 4.78 is 6.03. The minimum atomic E-state index is -0.700. The van der Waals surface area contributed by atoms with E-state index in [0.717, 1.165) is 77.0 Å². The van der Waals surface area contributed by atoms with Crippen LogP contribution < -0.4 is 0 Å². The Labute approximate surface area is 324 Å². The van der Waals surface area contributed by atoms with Gasteiger partial charge in [0.2, 0.25) is 0 Å². The molecule has 0 heterocycles. The van der Waals surface area contributed by atoms with Crippen molar-refractivity contribution in [3.05, 3.63) is 36.5 Å². The topological polar surface area (TPSA) is 63.6 Å². The van der Waals surface area contributed by atoms with Crippen LogP contribution in [0.15, 0.2) is 36.5 Å². The van der Waals surface area contributed by atoms with Crippen molar-refractivity contribution in [2.45, 2.75) is 258 Å². The van der Waals surface area contributed by atoms with E-state index < -0.39 is 5.97 Å². The number of allylic oxidation sites excluding steroid dienone is 6. The van der Waals surface area contributed by atoms with Gasteiger partial charge >= 0.3 is 11.9 Å². The molecule has 1 atom stereocenters. The lowest BCUT2D eigenvalue weighted by atomic mass is 10.0. The zero-order chi connectivity index (χ0) is 37.8. The second-order valence-electron chi connectivity index (χ2n) is 15.6. The molecule has 0 fully saturated rings. The van der Waals surface area contributed by atoms with E-state index >= 15 is 0 Å². The van der Waals surface area contributed by atoms with E-state index in [0.29, 0.717) is 6.42 Å². The van der Waals surface area contributed by atoms with Crippen LogP contribution in [0.4, 0.5) is 0 Å². The fraction of sp³-hybridized carbons (Fsp3) is 0.833. The Balaban J connectivity index is 4.01. The molecule has 0 saturated carbocycles. The Morgan fingerprint density at radius 2 is 0.750 bits per heavy atom. The number of carboxylic acid groups (broad SMARTS) is 1. The summed E-state index contributed by atoms with van der Waals surface area (Å²) in [5.41, 5.74) is 0. The maximum absolute atomic E-state index is 12.7. The van der Waals surface area contributed by atoms with E-state index in [2.05, 4.69) is 50.3 Å². The van der Waals surface area contributed by atoms with Crippen LogP contribution in [-0.2, 0) is 14.3 Å². The zero-order valence-corrected chi connectivity index (χ0v) is 34.9. The van der Waals surface area contributed by atoms with Crippen LogP contribution in [0.2, 0.25) is 0 Å². The van der Waals surface area contributed by atoms with Gasteiger partial charge in [-0.25, -0.2) is 0 Å². The average Bonchev–Trinajstić information content (AvgIpc) is 3.13. The number of ether oxygens (including phenoxy) is 1. The van der Waals surface area contributed by atoms with E-state index in [9.17, 15) is 9.59 Å². The molecule has 0 rings (SSSR count). The first kappa shape index (κ1) is 50.2. The van der Waals surface area contributed by atoms with Crippen LogP contribution in [0.25, 0.3) is 0 Å². The minimum absolute atomic E-state index is 0.00500. The Kier molecular flexibility index (Phi) is 42.0. The van der Waals surface area contributed by atoms with Crippen molar-refractivity contribution in [3.63, 3.8) is 0 Å². The number of hydrogen-bond acceptors (Lipinski definition) is 3. The molecule has 0 bridgehead atoms. The fourth-order valence-electron chi connectivity index (χ4n) is 6.96. The molecular weight excluding hydrogens is 641 g/mol. The van der Waals surface area contributed by atoms with Crippen molar-refractivity contribution in [1.29, 1.82) is 0 Å². The number of rotatable bonds is 42. The summed E-state index contributed by atoms with van der Waals surface area (Å²) in [6, 6.07) is 0. The standard InChI is InChI=1S/C48H88O4/c1-3-5-7-9-11-13-15-17-19-20-21-22-24-26-28-30-32-37-41-45-48(51)52-46(43-39-35-33-36-40-44-47(49)50)42-38-34-31-29-27-25-23-18-16-14-12-10-8-6-4-2/h11,13,17,19,21-22,46H,3-10,12,14-16,18,20,23-45H2,1-2H3,(H,49,50)/b13-11-,19-17-,22-21-. The van der Waals surface area contributed by atoms with E-state index in [4.69, 9.17) is 9.84 Å². The van der Waals surface area contributed by atoms with Gasteiger partial charge in [-0.2, -0.15) is 0 Å². The van der Waals surface area contributed by atoms with Gasteiger partial charge in [-0.3, -0.25) is 9.59 Å². The first-order valence-corrected chi connectivity index (χ1v) is 23.0. The molecule has 304 valence electrons. The summed E-state index contributed by atoms with van der Waals surface area (Å²) in [6.45, 7) is 4.54. The van der Waals surface area contributed by atoms with Gasteiger partial charge in [0.15, 0.2) is 0 Å². The molecule has 1 unspecified atom stereocenters. The van der Waals surface area contributed by atoms with Crippen LogP contribution in [0.3, 0.4) is 0 Å². The normalized spacial score (nSPS) is 12.5. The van der Waals surface area contributed by atoms with Crippen LogP contribution in [0.5, 0.6) is 0 Å². The SMILES string of the molecule is CCCCC/C=C\C/C=C\C/C=C\CCCCCCCCC(=O)OC(CCCCCCCCCCCCCCCCC)CCCCCCCC(=O)O. The van der Waals surface area contributed by atoms with Gasteiger partial charge in [0, 0.05) is 12.8 Å². The van der Waals surface area contributed by atoms with Crippen LogP contribution in [0.1, 0.15) is 251 Å². The molecule has 1 N–H and O–H groups in total. The molecule has 0 radical (unpaired) electrons. The highest BCUT2D eigenvalue weighted by atomic mass is 16.5. The lowest BCUT2D eigenvalue weighted by Gasteiger charge is -2.18. The Hall–Kier alpha value is -1.84. The first-order chi connectivity index (χ1) is 25.6.